The van der Waals surface area contributed by atoms with Gasteiger partial charge in [-0.3, -0.25) is 4.68 Å². The van der Waals surface area contributed by atoms with E-state index in [9.17, 15) is 0 Å². The summed E-state index contributed by atoms with van der Waals surface area (Å²) in [5.41, 5.74) is 4.48. The van der Waals surface area contributed by atoms with E-state index in [1.807, 2.05) is 62.6 Å². The zero-order valence-corrected chi connectivity index (χ0v) is 15.5. The SMILES string of the molecule is CCOc1cc2ncnc(-c3cn(C)nc3-c3ccccc3)c2cc1OC. The molecule has 0 aliphatic rings. The van der Waals surface area contributed by atoms with E-state index in [0.29, 0.717) is 18.1 Å². The molecule has 0 amide bonds. The molecule has 2 aromatic heterocycles. The summed E-state index contributed by atoms with van der Waals surface area (Å²) in [7, 11) is 3.54. The molecule has 0 unspecified atom stereocenters. The summed E-state index contributed by atoms with van der Waals surface area (Å²) in [6, 6.07) is 13.9. The maximum absolute atomic E-state index is 5.68. The lowest BCUT2D eigenvalue weighted by molar-refractivity contribution is 0.311. The average Bonchev–Trinajstić information content (AvgIpc) is 3.09. The van der Waals surface area contributed by atoms with Crippen molar-refractivity contribution in [3.63, 3.8) is 0 Å². The van der Waals surface area contributed by atoms with Gasteiger partial charge in [0.05, 0.1) is 24.9 Å². The zero-order valence-electron chi connectivity index (χ0n) is 15.5. The molecule has 136 valence electrons. The fourth-order valence-electron chi connectivity index (χ4n) is 3.18. The van der Waals surface area contributed by atoms with Gasteiger partial charge in [0.15, 0.2) is 11.5 Å². The Morgan fingerprint density at radius 1 is 1.00 bits per heavy atom. The van der Waals surface area contributed by atoms with Gasteiger partial charge in [0.1, 0.15) is 12.0 Å². The number of hydrogen-bond acceptors (Lipinski definition) is 5. The van der Waals surface area contributed by atoms with E-state index in [1.165, 1.54) is 0 Å². The summed E-state index contributed by atoms with van der Waals surface area (Å²) < 4.78 is 13.0. The first kappa shape index (κ1) is 17.0. The van der Waals surface area contributed by atoms with Gasteiger partial charge < -0.3 is 9.47 Å². The number of fused-ring (bicyclic) bond motifs is 1. The molecule has 2 aromatic carbocycles. The molecular formula is C21H20N4O2. The van der Waals surface area contributed by atoms with Crippen molar-refractivity contribution >= 4 is 10.9 Å². The summed E-state index contributed by atoms with van der Waals surface area (Å²) >= 11 is 0. The lowest BCUT2D eigenvalue weighted by atomic mass is 10.0. The Kier molecular flexibility index (Phi) is 4.46. The van der Waals surface area contributed by atoms with Crippen molar-refractivity contribution in [1.82, 2.24) is 19.7 Å². The van der Waals surface area contributed by atoms with E-state index in [2.05, 4.69) is 15.1 Å². The van der Waals surface area contributed by atoms with Gasteiger partial charge in [-0.15, -0.1) is 0 Å². The smallest absolute Gasteiger partial charge is 0.163 e. The second kappa shape index (κ2) is 7.07. The van der Waals surface area contributed by atoms with E-state index in [0.717, 1.165) is 33.4 Å². The molecule has 0 aliphatic heterocycles. The third kappa shape index (κ3) is 3.10. The minimum absolute atomic E-state index is 0.556. The highest BCUT2D eigenvalue weighted by molar-refractivity contribution is 5.97. The first-order chi connectivity index (χ1) is 13.2. The van der Waals surface area contributed by atoms with E-state index in [4.69, 9.17) is 9.47 Å². The van der Waals surface area contributed by atoms with E-state index in [-0.39, 0.29) is 0 Å². The van der Waals surface area contributed by atoms with E-state index in [1.54, 1.807) is 18.1 Å². The van der Waals surface area contributed by atoms with Crippen LogP contribution in [0.3, 0.4) is 0 Å². The summed E-state index contributed by atoms with van der Waals surface area (Å²) in [6.07, 6.45) is 3.55. The maximum Gasteiger partial charge on any atom is 0.163 e. The Morgan fingerprint density at radius 2 is 1.81 bits per heavy atom. The molecular weight excluding hydrogens is 340 g/mol. The number of aryl methyl sites for hydroxylation is 1. The fourth-order valence-corrected chi connectivity index (χ4v) is 3.18. The number of methoxy groups -OCH3 is 1. The quantitative estimate of drug-likeness (QED) is 0.536. The van der Waals surface area contributed by atoms with Crippen LogP contribution in [0, 0.1) is 0 Å². The lowest BCUT2D eigenvalue weighted by Gasteiger charge is -2.12. The molecule has 0 aliphatic carbocycles. The number of benzene rings is 2. The van der Waals surface area contributed by atoms with Gasteiger partial charge >= 0.3 is 0 Å². The van der Waals surface area contributed by atoms with Gasteiger partial charge in [0, 0.05) is 35.8 Å². The monoisotopic (exact) mass is 360 g/mol. The molecule has 0 spiro atoms. The van der Waals surface area contributed by atoms with Crippen molar-refractivity contribution < 1.29 is 9.47 Å². The van der Waals surface area contributed by atoms with Crippen molar-refractivity contribution in [1.29, 1.82) is 0 Å². The molecule has 6 nitrogen and oxygen atoms in total. The molecule has 0 radical (unpaired) electrons. The van der Waals surface area contributed by atoms with Crippen LogP contribution < -0.4 is 9.47 Å². The predicted octanol–water partition coefficient (Wildman–Crippen LogP) is 4.10. The first-order valence-electron chi connectivity index (χ1n) is 8.76. The van der Waals surface area contributed by atoms with Crippen LogP contribution in [0.4, 0.5) is 0 Å². The van der Waals surface area contributed by atoms with Crippen molar-refractivity contribution in [2.24, 2.45) is 7.05 Å². The molecule has 0 fully saturated rings. The number of aromatic nitrogens is 4. The number of nitrogens with zero attached hydrogens (tertiary/aromatic N) is 4. The Bertz CT molecular complexity index is 1090. The summed E-state index contributed by atoms with van der Waals surface area (Å²) in [4.78, 5) is 8.99. The third-order valence-electron chi connectivity index (χ3n) is 4.35. The Labute approximate surface area is 157 Å². The molecule has 4 rings (SSSR count). The van der Waals surface area contributed by atoms with Crippen LogP contribution in [0.25, 0.3) is 33.4 Å². The lowest BCUT2D eigenvalue weighted by Crippen LogP contribution is -1.97. The molecule has 2 heterocycles. The molecule has 0 bridgehead atoms. The molecule has 0 N–H and O–H groups in total. The maximum atomic E-state index is 5.68. The fraction of sp³-hybridized carbons (Fsp3) is 0.190. The molecule has 4 aromatic rings. The summed E-state index contributed by atoms with van der Waals surface area (Å²) in [5.74, 6) is 1.33. The van der Waals surface area contributed by atoms with Gasteiger partial charge in [-0.05, 0) is 13.0 Å². The highest BCUT2D eigenvalue weighted by atomic mass is 16.5. The van der Waals surface area contributed by atoms with Gasteiger partial charge in [0.2, 0.25) is 0 Å². The largest absolute Gasteiger partial charge is 0.493 e. The zero-order chi connectivity index (χ0) is 18.8. The highest BCUT2D eigenvalue weighted by Crippen LogP contribution is 2.38. The second-order valence-electron chi connectivity index (χ2n) is 6.11. The predicted molar refractivity (Wildman–Crippen MR) is 105 cm³/mol. The van der Waals surface area contributed by atoms with Crippen LogP contribution in [0.5, 0.6) is 11.5 Å². The minimum Gasteiger partial charge on any atom is -0.493 e. The number of hydrogen-bond donors (Lipinski definition) is 0. The van der Waals surface area contributed by atoms with E-state index < -0.39 is 0 Å². The van der Waals surface area contributed by atoms with Crippen molar-refractivity contribution in [2.45, 2.75) is 6.92 Å². The molecule has 0 saturated heterocycles. The first-order valence-corrected chi connectivity index (χ1v) is 8.76. The topological polar surface area (TPSA) is 62.1 Å². The van der Waals surface area contributed by atoms with E-state index >= 15 is 0 Å². The molecule has 6 heteroatoms. The normalized spacial score (nSPS) is 10.9. The van der Waals surface area contributed by atoms with Crippen LogP contribution in [-0.2, 0) is 7.05 Å². The second-order valence-corrected chi connectivity index (χ2v) is 6.11. The van der Waals surface area contributed by atoms with Crippen LogP contribution in [0.15, 0.2) is 55.0 Å². The standard InChI is InChI=1S/C21H20N4O2/c1-4-27-19-11-17-15(10-18(19)26-3)21(23-13-22-17)16-12-25(2)24-20(16)14-8-6-5-7-9-14/h5-13H,4H2,1-3H3. The van der Waals surface area contributed by atoms with Crippen LogP contribution >= 0.6 is 0 Å². The third-order valence-corrected chi connectivity index (χ3v) is 4.35. The van der Waals surface area contributed by atoms with Gasteiger partial charge in [-0.25, -0.2) is 9.97 Å². The van der Waals surface area contributed by atoms with Crippen molar-refractivity contribution in [3.8, 4) is 34.0 Å². The van der Waals surface area contributed by atoms with Crippen LogP contribution in [0.1, 0.15) is 6.92 Å². The van der Waals surface area contributed by atoms with Gasteiger partial charge in [0.25, 0.3) is 0 Å². The van der Waals surface area contributed by atoms with Crippen molar-refractivity contribution in [3.05, 3.63) is 55.0 Å². The Hall–Kier alpha value is -3.41. The summed E-state index contributed by atoms with van der Waals surface area (Å²) in [5, 5.41) is 5.55. The molecule has 0 atom stereocenters. The van der Waals surface area contributed by atoms with Crippen LogP contribution in [-0.4, -0.2) is 33.5 Å². The van der Waals surface area contributed by atoms with Gasteiger partial charge in [-0.1, -0.05) is 30.3 Å². The average molecular weight is 360 g/mol. The minimum atomic E-state index is 0.556. The van der Waals surface area contributed by atoms with Crippen LogP contribution in [0.2, 0.25) is 0 Å². The Balaban J connectivity index is 1.95. The highest BCUT2D eigenvalue weighted by Gasteiger charge is 2.18. The van der Waals surface area contributed by atoms with Crippen molar-refractivity contribution in [2.75, 3.05) is 13.7 Å². The number of ether oxygens (including phenoxy) is 2. The molecule has 0 saturated carbocycles. The van der Waals surface area contributed by atoms with Gasteiger partial charge in [-0.2, -0.15) is 5.10 Å². The number of rotatable bonds is 5. The molecule has 27 heavy (non-hydrogen) atoms. The Morgan fingerprint density at radius 3 is 2.56 bits per heavy atom. The summed E-state index contributed by atoms with van der Waals surface area (Å²) in [6.45, 7) is 2.50.